The van der Waals surface area contributed by atoms with Gasteiger partial charge in [-0.15, -0.1) is 0 Å². The summed E-state index contributed by atoms with van der Waals surface area (Å²) in [6.45, 7) is 2.27. The van der Waals surface area contributed by atoms with Crippen LogP contribution in [-0.2, 0) is 16.2 Å². The highest BCUT2D eigenvalue weighted by Gasteiger charge is 2.53. The van der Waals surface area contributed by atoms with Crippen LogP contribution in [0.2, 0.25) is 0 Å². The zero-order valence-corrected chi connectivity index (χ0v) is 50.6. The fourth-order valence-electron chi connectivity index (χ4n) is 17.8. The van der Waals surface area contributed by atoms with E-state index in [1.54, 1.807) is 0 Å². The monoisotopic (exact) mass is 1170 g/mol. The number of hydrogen-bond donors (Lipinski definition) is 1. The molecule has 0 bridgehead atoms. The molecule has 0 fully saturated rings. The fraction of sp³-hybridized carbons (Fsp3) is 0.0444. The van der Waals surface area contributed by atoms with Crippen LogP contribution >= 0.6 is 0 Å². The smallest absolute Gasteiger partial charge is 0.128 e. The van der Waals surface area contributed by atoms with Crippen molar-refractivity contribution in [3.8, 4) is 61.4 Å². The van der Waals surface area contributed by atoms with Crippen molar-refractivity contribution in [2.75, 3.05) is 4.90 Å². The molecule has 1 spiro atoms. The number of phenolic OH excluding ortho intramolecular Hbond substituents is 1. The quantitative estimate of drug-likeness (QED) is 0.164. The molecule has 430 valence electrons. The first-order valence-corrected chi connectivity index (χ1v) is 32.1. The summed E-state index contributed by atoms with van der Waals surface area (Å²) in [5.41, 5.74) is 29.0. The van der Waals surface area contributed by atoms with Gasteiger partial charge >= 0.3 is 0 Å². The molecule has 0 heterocycles. The first kappa shape index (κ1) is 52.4. The molecule has 0 saturated heterocycles. The topological polar surface area (TPSA) is 23.5 Å². The molecule has 1 unspecified atom stereocenters. The lowest BCUT2D eigenvalue weighted by atomic mass is 9.65. The molecular weight excluding hydrogens is 1110 g/mol. The van der Waals surface area contributed by atoms with Gasteiger partial charge < -0.3 is 10.0 Å². The maximum atomic E-state index is 12.9. The molecule has 2 nitrogen and oxygen atoms in total. The van der Waals surface area contributed by atoms with Crippen LogP contribution in [0.25, 0.3) is 77.2 Å². The molecule has 15 aromatic carbocycles. The third-order valence-electron chi connectivity index (χ3n) is 21.4. The van der Waals surface area contributed by atoms with E-state index in [9.17, 15) is 5.11 Å². The first-order chi connectivity index (χ1) is 45.5. The van der Waals surface area contributed by atoms with Crippen molar-refractivity contribution >= 4 is 38.6 Å². The third-order valence-corrected chi connectivity index (χ3v) is 21.4. The Morgan fingerprint density at radius 2 is 0.674 bits per heavy atom. The number of aromatic hydroxyl groups is 1. The van der Waals surface area contributed by atoms with Crippen molar-refractivity contribution in [3.05, 3.63) is 406 Å². The molecule has 0 saturated carbocycles. The number of nitrogens with zero attached hydrogens (tertiary/aromatic N) is 1. The van der Waals surface area contributed by atoms with E-state index in [-0.39, 0.29) is 0 Å². The standard InChI is InChI=1S/C90H59NO/c1-57-65-30-10-8-24-58(65)48-54-74(57)89(82-55-49-59-25-9-11-31-67(59)87(82)92)79-42-21-15-35-72(79)85-66(37-22-43-80(85)89)60-46-50-63(51-47-60)91(84-45-23-44-81-86(84)73-36-16-20-41-78(73)88(81,61-26-4-2-5-27-61)62-28-6-3-7-29-62)64-52-53-71-70-34-14-19-40-77(70)90(83(71)56-64)75-38-17-12-32-68(75)69-33-13-18-39-76(69)90/h2-56,92H,1H3. The Bertz CT molecular complexity index is 5370. The van der Waals surface area contributed by atoms with Gasteiger partial charge in [0.15, 0.2) is 0 Å². The average Bonchev–Trinajstić information content (AvgIpc) is 1.51. The molecule has 1 N–H and O–H groups in total. The third kappa shape index (κ3) is 6.83. The Balaban J connectivity index is 0.856. The number of phenols is 1. The highest BCUT2D eigenvalue weighted by atomic mass is 16.3. The van der Waals surface area contributed by atoms with Crippen molar-refractivity contribution in [2.24, 2.45) is 0 Å². The predicted octanol–water partition coefficient (Wildman–Crippen LogP) is 22.2. The number of benzene rings is 15. The van der Waals surface area contributed by atoms with Crippen LogP contribution in [0.1, 0.15) is 72.3 Å². The Hall–Kier alpha value is -11.6. The minimum Gasteiger partial charge on any atom is -0.507 e. The van der Waals surface area contributed by atoms with Gasteiger partial charge in [-0.25, -0.2) is 0 Å². The maximum absolute atomic E-state index is 12.9. The predicted molar refractivity (Wildman–Crippen MR) is 379 cm³/mol. The average molecular weight is 1170 g/mol. The van der Waals surface area contributed by atoms with E-state index in [0.717, 1.165) is 66.8 Å². The van der Waals surface area contributed by atoms with E-state index in [0.29, 0.717) is 5.75 Å². The normalized spacial score (nSPS) is 15.3. The van der Waals surface area contributed by atoms with Crippen LogP contribution in [-0.4, -0.2) is 5.11 Å². The fourth-order valence-corrected chi connectivity index (χ4v) is 17.8. The largest absolute Gasteiger partial charge is 0.507 e. The van der Waals surface area contributed by atoms with Crippen LogP contribution in [0.15, 0.2) is 334 Å². The number of anilines is 3. The van der Waals surface area contributed by atoms with E-state index in [2.05, 4.69) is 333 Å². The van der Waals surface area contributed by atoms with Gasteiger partial charge in [0.2, 0.25) is 0 Å². The van der Waals surface area contributed by atoms with Crippen molar-refractivity contribution in [2.45, 2.75) is 23.2 Å². The van der Waals surface area contributed by atoms with Crippen molar-refractivity contribution in [3.63, 3.8) is 0 Å². The minimum absolute atomic E-state index is 0.302. The Kier molecular flexibility index (Phi) is 11.2. The minimum atomic E-state index is -0.870. The van der Waals surface area contributed by atoms with Crippen molar-refractivity contribution in [1.29, 1.82) is 0 Å². The summed E-state index contributed by atoms with van der Waals surface area (Å²) >= 11 is 0. The van der Waals surface area contributed by atoms with E-state index in [4.69, 9.17) is 0 Å². The second kappa shape index (κ2) is 19.7. The Morgan fingerprint density at radius 3 is 1.28 bits per heavy atom. The van der Waals surface area contributed by atoms with Crippen molar-refractivity contribution in [1.82, 2.24) is 0 Å². The number of fused-ring (bicyclic) bond motifs is 18. The molecule has 92 heavy (non-hydrogen) atoms. The summed E-state index contributed by atoms with van der Waals surface area (Å²) in [6.07, 6.45) is 0. The van der Waals surface area contributed by atoms with E-state index >= 15 is 0 Å². The molecule has 15 aromatic rings. The van der Waals surface area contributed by atoms with Gasteiger partial charge in [0, 0.05) is 27.9 Å². The molecule has 1 atom stereocenters. The summed E-state index contributed by atoms with van der Waals surface area (Å²) in [7, 11) is 0. The molecule has 0 amide bonds. The number of rotatable bonds is 8. The van der Waals surface area contributed by atoms with Gasteiger partial charge in [-0.05, 0) is 170 Å². The van der Waals surface area contributed by atoms with E-state index in [1.807, 2.05) is 12.1 Å². The van der Waals surface area contributed by atoms with Crippen LogP contribution in [0, 0.1) is 6.92 Å². The summed E-state index contributed by atoms with van der Waals surface area (Å²) in [6, 6.07) is 124. The molecule has 0 aliphatic heterocycles. The van der Waals surface area contributed by atoms with Crippen LogP contribution in [0.3, 0.4) is 0 Å². The Labute approximate surface area is 535 Å². The highest BCUT2D eigenvalue weighted by Crippen LogP contribution is 2.66. The lowest BCUT2D eigenvalue weighted by molar-refractivity contribution is 0.467. The van der Waals surface area contributed by atoms with Gasteiger partial charge in [-0.1, -0.05) is 303 Å². The molecule has 19 rings (SSSR count). The molecule has 0 aromatic heterocycles. The number of aryl methyl sites for hydroxylation is 1. The summed E-state index contributed by atoms with van der Waals surface area (Å²) in [5, 5.41) is 17.2. The molecule has 2 heteroatoms. The molecular formula is C90H59NO. The van der Waals surface area contributed by atoms with Crippen LogP contribution in [0.5, 0.6) is 5.75 Å². The van der Waals surface area contributed by atoms with Gasteiger partial charge in [-0.2, -0.15) is 0 Å². The second-order valence-electron chi connectivity index (χ2n) is 25.4. The zero-order valence-electron chi connectivity index (χ0n) is 50.6. The van der Waals surface area contributed by atoms with Crippen LogP contribution < -0.4 is 4.90 Å². The molecule has 4 aliphatic rings. The van der Waals surface area contributed by atoms with Crippen molar-refractivity contribution < 1.29 is 5.11 Å². The van der Waals surface area contributed by atoms with Gasteiger partial charge in [0.25, 0.3) is 0 Å². The summed E-state index contributed by atoms with van der Waals surface area (Å²) < 4.78 is 0. The van der Waals surface area contributed by atoms with Gasteiger partial charge in [-0.3, -0.25) is 0 Å². The van der Waals surface area contributed by atoms with Crippen LogP contribution in [0.4, 0.5) is 17.1 Å². The molecule has 0 radical (unpaired) electrons. The SMILES string of the molecule is Cc1c(C2(c3ccc4ccccc4c3O)c3ccccc3-c3c(-c4ccc(N(c5ccc6c(c5)C5(c7ccccc7-c7ccccc75)c5ccccc5-6)c5cccc6c5-c5ccccc5C6(c5ccccc5)c5ccccc5)cc4)cccc32)ccc2ccccc12. The maximum Gasteiger partial charge on any atom is 0.128 e. The Morgan fingerprint density at radius 1 is 0.261 bits per heavy atom. The number of hydrogen-bond acceptors (Lipinski definition) is 2. The summed E-state index contributed by atoms with van der Waals surface area (Å²) in [5.74, 6) is 0.302. The molecule has 4 aliphatic carbocycles. The van der Waals surface area contributed by atoms with Gasteiger partial charge in [0.1, 0.15) is 5.75 Å². The lowest BCUT2D eigenvalue weighted by Crippen LogP contribution is -2.30. The van der Waals surface area contributed by atoms with Gasteiger partial charge in [0.05, 0.1) is 21.9 Å². The van der Waals surface area contributed by atoms with E-state index < -0.39 is 16.2 Å². The lowest BCUT2D eigenvalue weighted by Gasteiger charge is -2.36. The second-order valence-corrected chi connectivity index (χ2v) is 25.4. The first-order valence-electron chi connectivity index (χ1n) is 32.1. The zero-order chi connectivity index (χ0) is 60.9. The summed E-state index contributed by atoms with van der Waals surface area (Å²) in [4.78, 5) is 2.55. The highest BCUT2D eigenvalue weighted by molar-refractivity contribution is 6.03. The van der Waals surface area contributed by atoms with E-state index in [1.165, 1.54) is 99.8 Å².